The van der Waals surface area contributed by atoms with E-state index in [1.807, 2.05) is 19.2 Å². The molecule has 1 aromatic rings. The molecule has 0 bridgehead atoms. The molecule has 2 rings (SSSR count). The first-order valence-electron chi connectivity index (χ1n) is 6.43. The van der Waals surface area contributed by atoms with E-state index >= 15 is 0 Å². The first-order chi connectivity index (χ1) is 8.99. The normalized spacial score (nSPS) is 21.6. The molecule has 1 aromatic carbocycles. The predicted molar refractivity (Wildman–Crippen MR) is 78.7 cm³/mol. The molecule has 1 aliphatic rings. The number of nitrogens with one attached hydrogen (secondary N) is 1. The van der Waals surface area contributed by atoms with Crippen LogP contribution in [0.4, 0.5) is 0 Å². The second-order valence-electron chi connectivity index (χ2n) is 5.04. The van der Waals surface area contributed by atoms with Crippen molar-refractivity contribution in [1.82, 2.24) is 10.2 Å². The molecular formula is C14H18Cl2N2O. The van der Waals surface area contributed by atoms with Crippen LogP contribution >= 0.6 is 23.2 Å². The standard InChI is InChI=1S/C14H18Cl2N2O/c1-9(11-4-3-5-12(15)14(11)16)17-10-6-7-13(19)18(2)8-10/h3-5,9-10,17H,6-8H2,1-2H3/t9-,10+/m1/s1. The number of likely N-dealkylation sites (N-methyl/N-ethyl adjacent to an activating group) is 1. The first-order valence-corrected chi connectivity index (χ1v) is 7.18. The average Bonchev–Trinajstić information content (AvgIpc) is 2.37. The summed E-state index contributed by atoms with van der Waals surface area (Å²) < 4.78 is 0. The van der Waals surface area contributed by atoms with Gasteiger partial charge in [-0.15, -0.1) is 0 Å². The lowest BCUT2D eigenvalue weighted by atomic mass is 10.0. The monoisotopic (exact) mass is 300 g/mol. The summed E-state index contributed by atoms with van der Waals surface area (Å²) in [4.78, 5) is 13.2. The molecule has 1 saturated heterocycles. The number of rotatable bonds is 3. The Morgan fingerprint density at radius 2 is 2.16 bits per heavy atom. The Balaban J connectivity index is 2.03. The molecule has 0 spiro atoms. The Bertz CT molecular complexity index is 479. The summed E-state index contributed by atoms with van der Waals surface area (Å²) in [5.41, 5.74) is 0.994. The largest absolute Gasteiger partial charge is 0.344 e. The summed E-state index contributed by atoms with van der Waals surface area (Å²) in [5, 5.41) is 4.69. The molecule has 1 aliphatic heterocycles. The smallest absolute Gasteiger partial charge is 0.222 e. The molecule has 0 saturated carbocycles. The lowest BCUT2D eigenvalue weighted by molar-refractivity contribution is -0.132. The minimum atomic E-state index is 0.109. The second-order valence-corrected chi connectivity index (χ2v) is 5.83. The van der Waals surface area contributed by atoms with Crippen LogP contribution in [-0.4, -0.2) is 30.4 Å². The third-order valence-corrected chi connectivity index (χ3v) is 4.39. The van der Waals surface area contributed by atoms with Gasteiger partial charge in [-0.05, 0) is 25.0 Å². The molecule has 0 radical (unpaired) electrons. The van der Waals surface area contributed by atoms with Crippen LogP contribution in [0.15, 0.2) is 18.2 Å². The van der Waals surface area contributed by atoms with Gasteiger partial charge in [-0.3, -0.25) is 4.79 Å². The van der Waals surface area contributed by atoms with Crippen LogP contribution < -0.4 is 5.32 Å². The van der Waals surface area contributed by atoms with Gasteiger partial charge in [0.2, 0.25) is 5.91 Å². The number of hydrogen-bond donors (Lipinski definition) is 1. The second kappa shape index (κ2) is 6.12. The SMILES string of the molecule is C[C@@H](N[C@H]1CCC(=O)N(C)C1)c1cccc(Cl)c1Cl. The summed E-state index contributed by atoms with van der Waals surface area (Å²) in [5.74, 6) is 0.214. The van der Waals surface area contributed by atoms with Gasteiger partial charge in [0.25, 0.3) is 0 Å². The summed E-state index contributed by atoms with van der Waals surface area (Å²) in [6.45, 7) is 2.80. The summed E-state index contributed by atoms with van der Waals surface area (Å²) in [6, 6.07) is 6.07. The maximum Gasteiger partial charge on any atom is 0.222 e. The molecule has 1 amide bonds. The summed E-state index contributed by atoms with van der Waals surface area (Å²) in [6.07, 6.45) is 1.47. The number of carbonyl (C=O) groups excluding carboxylic acids is 1. The van der Waals surface area contributed by atoms with Crippen molar-refractivity contribution in [2.75, 3.05) is 13.6 Å². The first kappa shape index (κ1) is 14.6. The Labute approximate surface area is 123 Å². The van der Waals surface area contributed by atoms with E-state index in [-0.39, 0.29) is 11.9 Å². The van der Waals surface area contributed by atoms with Crippen LogP contribution in [0.25, 0.3) is 0 Å². The van der Waals surface area contributed by atoms with E-state index in [0.29, 0.717) is 22.5 Å². The van der Waals surface area contributed by atoms with Gasteiger partial charge in [-0.25, -0.2) is 0 Å². The van der Waals surface area contributed by atoms with Crippen LogP contribution in [0.5, 0.6) is 0 Å². The fraction of sp³-hybridized carbons (Fsp3) is 0.500. The summed E-state index contributed by atoms with van der Waals surface area (Å²) >= 11 is 12.3. The number of hydrogen-bond acceptors (Lipinski definition) is 2. The van der Waals surface area contributed by atoms with Crippen molar-refractivity contribution in [2.24, 2.45) is 0 Å². The van der Waals surface area contributed by atoms with Gasteiger partial charge in [0.15, 0.2) is 0 Å². The number of amides is 1. The maximum absolute atomic E-state index is 11.5. The van der Waals surface area contributed by atoms with E-state index < -0.39 is 0 Å². The maximum atomic E-state index is 11.5. The molecule has 1 heterocycles. The third kappa shape index (κ3) is 3.41. The molecule has 0 aromatic heterocycles. The Morgan fingerprint density at radius 1 is 1.42 bits per heavy atom. The fourth-order valence-electron chi connectivity index (χ4n) is 2.45. The van der Waals surface area contributed by atoms with E-state index in [0.717, 1.165) is 18.5 Å². The van der Waals surface area contributed by atoms with Crippen molar-refractivity contribution < 1.29 is 4.79 Å². The Kier molecular flexibility index (Phi) is 4.71. The van der Waals surface area contributed by atoms with Crippen LogP contribution in [-0.2, 0) is 4.79 Å². The van der Waals surface area contributed by atoms with Crippen LogP contribution in [0.2, 0.25) is 10.0 Å². The lowest BCUT2D eigenvalue weighted by Crippen LogP contribution is -2.47. The van der Waals surface area contributed by atoms with Crippen molar-refractivity contribution in [1.29, 1.82) is 0 Å². The van der Waals surface area contributed by atoms with Gasteiger partial charge < -0.3 is 10.2 Å². The van der Waals surface area contributed by atoms with Gasteiger partial charge in [-0.1, -0.05) is 35.3 Å². The van der Waals surface area contributed by atoms with Crippen molar-refractivity contribution in [3.8, 4) is 0 Å². The molecule has 1 N–H and O–H groups in total. The number of nitrogens with zero attached hydrogens (tertiary/aromatic N) is 1. The minimum absolute atomic E-state index is 0.109. The van der Waals surface area contributed by atoms with Crippen molar-refractivity contribution >= 4 is 29.1 Å². The quantitative estimate of drug-likeness (QED) is 0.929. The molecule has 0 unspecified atom stereocenters. The zero-order chi connectivity index (χ0) is 14.0. The number of piperidine rings is 1. The number of halogens is 2. The average molecular weight is 301 g/mol. The predicted octanol–water partition coefficient (Wildman–Crippen LogP) is 3.26. The van der Waals surface area contributed by atoms with Crippen LogP contribution in [0, 0.1) is 0 Å². The molecule has 0 aliphatic carbocycles. The van der Waals surface area contributed by atoms with E-state index in [2.05, 4.69) is 12.2 Å². The topological polar surface area (TPSA) is 32.3 Å². The molecule has 104 valence electrons. The number of carbonyl (C=O) groups is 1. The minimum Gasteiger partial charge on any atom is -0.344 e. The molecule has 19 heavy (non-hydrogen) atoms. The highest BCUT2D eigenvalue weighted by Crippen LogP contribution is 2.30. The van der Waals surface area contributed by atoms with Gasteiger partial charge >= 0.3 is 0 Å². The van der Waals surface area contributed by atoms with E-state index in [9.17, 15) is 4.79 Å². The zero-order valence-electron chi connectivity index (χ0n) is 11.1. The van der Waals surface area contributed by atoms with Crippen LogP contribution in [0.3, 0.4) is 0 Å². The highest BCUT2D eigenvalue weighted by molar-refractivity contribution is 6.42. The number of likely N-dealkylation sites (tertiary alicyclic amines) is 1. The van der Waals surface area contributed by atoms with E-state index in [1.54, 1.807) is 11.0 Å². The molecule has 3 nitrogen and oxygen atoms in total. The summed E-state index contributed by atoms with van der Waals surface area (Å²) in [7, 11) is 1.84. The van der Waals surface area contributed by atoms with Crippen molar-refractivity contribution in [3.63, 3.8) is 0 Å². The van der Waals surface area contributed by atoms with Gasteiger partial charge in [0.1, 0.15) is 0 Å². The van der Waals surface area contributed by atoms with E-state index in [1.165, 1.54) is 0 Å². The number of benzene rings is 1. The molecule has 1 fully saturated rings. The third-order valence-electron chi connectivity index (χ3n) is 3.56. The van der Waals surface area contributed by atoms with E-state index in [4.69, 9.17) is 23.2 Å². The Hall–Kier alpha value is -0.770. The zero-order valence-corrected chi connectivity index (χ0v) is 12.6. The van der Waals surface area contributed by atoms with Crippen molar-refractivity contribution in [3.05, 3.63) is 33.8 Å². The lowest BCUT2D eigenvalue weighted by Gasteiger charge is -2.32. The molecular weight excluding hydrogens is 283 g/mol. The fourth-order valence-corrected chi connectivity index (χ4v) is 2.92. The Morgan fingerprint density at radius 3 is 2.84 bits per heavy atom. The molecule has 2 atom stereocenters. The van der Waals surface area contributed by atoms with Gasteiger partial charge in [-0.2, -0.15) is 0 Å². The molecule has 5 heteroatoms. The highest BCUT2D eigenvalue weighted by atomic mass is 35.5. The highest BCUT2D eigenvalue weighted by Gasteiger charge is 2.24. The van der Waals surface area contributed by atoms with Gasteiger partial charge in [0.05, 0.1) is 10.0 Å². The van der Waals surface area contributed by atoms with Crippen LogP contribution in [0.1, 0.15) is 31.4 Å². The van der Waals surface area contributed by atoms with Gasteiger partial charge in [0, 0.05) is 32.1 Å². The van der Waals surface area contributed by atoms with Crippen molar-refractivity contribution in [2.45, 2.75) is 31.8 Å².